The quantitative estimate of drug-likeness (QED) is 0.349. The number of phenolic OH excluding ortho intramolecular Hbond substituents is 1. The fraction of sp³-hybridized carbons (Fsp3) is 0.300. The van der Waals surface area contributed by atoms with E-state index in [1.807, 2.05) is 6.92 Å². The third-order valence-corrected chi connectivity index (χ3v) is 1.96. The first kappa shape index (κ1) is 11.9. The maximum absolute atomic E-state index is 11.6. The number of hydrogen-bond donors (Lipinski definition) is 2. The zero-order valence-corrected chi connectivity index (χ0v) is 8.84. The first-order valence-corrected chi connectivity index (χ1v) is 4.74. The molecule has 0 saturated heterocycles. The van der Waals surface area contributed by atoms with E-state index < -0.39 is 0 Å². The highest BCUT2D eigenvalue weighted by molar-refractivity contribution is 5.96. The molecule has 6 nitrogen and oxygen atoms in total. The Kier molecular flexibility index (Phi) is 4.17. The summed E-state index contributed by atoms with van der Waals surface area (Å²) in [4.78, 5) is 14.1. The number of aryl methyl sites for hydroxylation is 1. The van der Waals surface area contributed by atoms with Crippen LogP contribution in [-0.4, -0.2) is 24.1 Å². The number of phenols is 1. The second-order valence-corrected chi connectivity index (χ2v) is 3.23. The SMILES string of the molecule is Cc1ccc(O)c(C(=O)NCCN=[N+]=[N-])c1. The number of carbonyl (C=O) groups is 1. The Labute approximate surface area is 92.5 Å². The summed E-state index contributed by atoms with van der Waals surface area (Å²) in [6.45, 7) is 2.27. The monoisotopic (exact) mass is 220 g/mol. The molecule has 0 aliphatic heterocycles. The second-order valence-electron chi connectivity index (χ2n) is 3.23. The van der Waals surface area contributed by atoms with Crippen molar-refractivity contribution in [1.29, 1.82) is 0 Å². The number of benzene rings is 1. The zero-order valence-electron chi connectivity index (χ0n) is 8.84. The van der Waals surface area contributed by atoms with Gasteiger partial charge in [-0.15, -0.1) is 0 Å². The lowest BCUT2D eigenvalue weighted by Gasteiger charge is -2.06. The molecule has 1 aromatic carbocycles. The van der Waals surface area contributed by atoms with Gasteiger partial charge in [0.25, 0.3) is 5.91 Å². The molecule has 1 aromatic rings. The fourth-order valence-electron chi connectivity index (χ4n) is 1.19. The molecular formula is C10H12N4O2. The predicted octanol–water partition coefficient (Wildman–Crippen LogP) is 1.74. The molecule has 0 aliphatic rings. The highest BCUT2D eigenvalue weighted by Gasteiger charge is 2.09. The van der Waals surface area contributed by atoms with E-state index in [0.29, 0.717) is 0 Å². The Morgan fingerprint density at radius 1 is 1.62 bits per heavy atom. The Hall–Kier alpha value is -2.20. The van der Waals surface area contributed by atoms with E-state index >= 15 is 0 Å². The van der Waals surface area contributed by atoms with Gasteiger partial charge in [-0.1, -0.05) is 16.7 Å². The summed E-state index contributed by atoms with van der Waals surface area (Å²) >= 11 is 0. The molecule has 0 aliphatic carbocycles. The van der Waals surface area contributed by atoms with Crippen molar-refractivity contribution in [1.82, 2.24) is 5.32 Å². The van der Waals surface area contributed by atoms with E-state index in [9.17, 15) is 9.90 Å². The van der Waals surface area contributed by atoms with Crippen LogP contribution in [-0.2, 0) is 0 Å². The zero-order chi connectivity index (χ0) is 12.0. The average molecular weight is 220 g/mol. The van der Waals surface area contributed by atoms with E-state index in [1.165, 1.54) is 6.07 Å². The molecule has 0 heterocycles. The fourth-order valence-corrected chi connectivity index (χ4v) is 1.19. The molecule has 84 valence electrons. The van der Waals surface area contributed by atoms with Crippen LogP contribution in [0.1, 0.15) is 15.9 Å². The minimum atomic E-state index is -0.380. The highest BCUT2D eigenvalue weighted by atomic mass is 16.3. The summed E-state index contributed by atoms with van der Waals surface area (Å²) in [7, 11) is 0. The molecule has 0 bridgehead atoms. The maximum Gasteiger partial charge on any atom is 0.255 e. The number of amides is 1. The molecule has 0 saturated carbocycles. The van der Waals surface area contributed by atoms with Crippen LogP contribution in [0.3, 0.4) is 0 Å². The van der Waals surface area contributed by atoms with Crippen LogP contribution in [0.15, 0.2) is 23.3 Å². The van der Waals surface area contributed by atoms with Gasteiger partial charge in [-0.3, -0.25) is 4.79 Å². The van der Waals surface area contributed by atoms with E-state index in [4.69, 9.17) is 5.53 Å². The third-order valence-electron chi connectivity index (χ3n) is 1.96. The van der Waals surface area contributed by atoms with E-state index in [2.05, 4.69) is 15.3 Å². The normalized spacial score (nSPS) is 9.31. The lowest BCUT2D eigenvalue weighted by atomic mass is 10.1. The molecule has 6 heteroatoms. The number of aromatic hydroxyl groups is 1. The van der Waals surface area contributed by atoms with Gasteiger partial charge in [-0.2, -0.15) is 0 Å². The first-order valence-electron chi connectivity index (χ1n) is 4.74. The molecule has 2 N–H and O–H groups in total. The van der Waals surface area contributed by atoms with Gasteiger partial charge in [0.05, 0.1) is 5.56 Å². The molecule has 0 atom stereocenters. The summed E-state index contributed by atoms with van der Waals surface area (Å²) in [5.41, 5.74) is 9.14. The average Bonchev–Trinajstić information content (AvgIpc) is 2.27. The molecule has 0 fully saturated rings. The molecule has 1 amide bonds. The highest BCUT2D eigenvalue weighted by Crippen LogP contribution is 2.17. The summed E-state index contributed by atoms with van der Waals surface area (Å²) in [6, 6.07) is 4.78. The summed E-state index contributed by atoms with van der Waals surface area (Å²) in [5.74, 6) is -0.443. The van der Waals surface area contributed by atoms with Crippen molar-refractivity contribution in [3.8, 4) is 5.75 Å². The van der Waals surface area contributed by atoms with Crippen molar-refractivity contribution in [2.24, 2.45) is 5.11 Å². The number of rotatable bonds is 4. The van der Waals surface area contributed by atoms with Crippen molar-refractivity contribution < 1.29 is 9.90 Å². The Morgan fingerprint density at radius 3 is 3.06 bits per heavy atom. The largest absolute Gasteiger partial charge is 0.507 e. The first-order chi connectivity index (χ1) is 7.65. The number of hydrogen-bond acceptors (Lipinski definition) is 3. The van der Waals surface area contributed by atoms with Crippen LogP contribution in [0.2, 0.25) is 0 Å². The molecule has 0 spiro atoms. The smallest absolute Gasteiger partial charge is 0.255 e. The molecule has 1 rings (SSSR count). The van der Waals surface area contributed by atoms with Gasteiger partial charge in [0.15, 0.2) is 0 Å². The number of nitrogens with one attached hydrogen (secondary N) is 1. The third kappa shape index (κ3) is 3.18. The van der Waals surface area contributed by atoms with Crippen LogP contribution in [0.4, 0.5) is 0 Å². The molecule has 0 aromatic heterocycles. The Bertz CT molecular complexity index is 438. The van der Waals surface area contributed by atoms with Gasteiger partial charge in [0.1, 0.15) is 5.75 Å². The van der Waals surface area contributed by atoms with Crippen molar-refractivity contribution in [3.63, 3.8) is 0 Å². The standard InChI is InChI=1S/C10H12N4O2/c1-7-2-3-9(15)8(6-7)10(16)12-4-5-13-14-11/h2-3,6,15H,4-5H2,1H3,(H,12,16). The van der Waals surface area contributed by atoms with Gasteiger partial charge in [0, 0.05) is 18.0 Å². The summed E-state index contributed by atoms with van der Waals surface area (Å²) < 4.78 is 0. The Morgan fingerprint density at radius 2 is 2.38 bits per heavy atom. The van der Waals surface area contributed by atoms with Crippen LogP contribution >= 0.6 is 0 Å². The van der Waals surface area contributed by atoms with Crippen molar-refractivity contribution in [3.05, 3.63) is 39.8 Å². The molecule has 16 heavy (non-hydrogen) atoms. The Balaban J connectivity index is 2.65. The topological polar surface area (TPSA) is 98.1 Å². The van der Waals surface area contributed by atoms with Gasteiger partial charge < -0.3 is 10.4 Å². The second kappa shape index (κ2) is 5.63. The van der Waals surface area contributed by atoms with E-state index in [-0.39, 0.29) is 30.3 Å². The predicted molar refractivity (Wildman–Crippen MR) is 59.2 cm³/mol. The van der Waals surface area contributed by atoms with E-state index in [0.717, 1.165) is 5.56 Å². The number of carbonyl (C=O) groups excluding carboxylic acids is 1. The number of nitrogens with zero attached hydrogens (tertiary/aromatic N) is 3. The minimum absolute atomic E-state index is 0.0631. The molecular weight excluding hydrogens is 208 g/mol. The van der Waals surface area contributed by atoms with Crippen LogP contribution < -0.4 is 5.32 Å². The maximum atomic E-state index is 11.6. The van der Waals surface area contributed by atoms with E-state index in [1.54, 1.807) is 12.1 Å². The van der Waals surface area contributed by atoms with Crippen LogP contribution in [0.5, 0.6) is 5.75 Å². The molecule has 0 unspecified atom stereocenters. The van der Waals surface area contributed by atoms with Crippen molar-refractivity contribution in [2.45, 2.75) is 6.92 Å². The van der Waals surface area contributed by atoms with Gasteiger partial charge >= 0.3 is 0 Å². The van der Waals surface area contributed by atoms with Gasteiger partial charge in [-0.05, 0) is 24.6 Å². The van der Waals surface area contributed by atoms with Crippen LogP contribution in [0, 0.1) is 6.92 Å². The minimum Gasteiger partial charge on any atom is -0.507 e. The molecule has 0 radical (unpaired) electrons. The van der Waals surface area contributed by atoms with Crippen LogP contribution in [0.25, 0.3) is 10.4 Å². The van der Waals surface area contributed by atoms with Gasteiger partial charge in [-0.25, -0.2) is 0 Å². The van der Waals surface area contributed by atoms with Gasteiger partial charge in [0.2, 0.25) is 0 Å². The lowest BCUT2D eigenvalue weighted by molar-refractivity contribution is 0.0952. The van der Waals surface area contributed by atoms with Crippen molar-refractivity contribution >= 4 is 5.91 Å². The lowest BCUT2D eigenvalue weighted by Crippen LogP contribution is -2.26. The number of azide groups is 1. The summed E-state index contributed by atoms with van der Waals surface area (Å²) in [6.07, 6.45) is 0. The summed E-state index contributed by atoms with van der Waals surface area (Å²) in [5, 5.41) is 15.3. The van der Waals surface area contributed by atoms with Crippen molar-refractivity contribution in [2.75, 3.05) is 13.1 Å².